The van der Waals surface area contributed by atoms with Gasteiger partial charge in [0, 0.05) is 12.1 Å². The van der Waals surface area contributed by atoms with Gasteiger partial charge in [-0.15, -0.1) is 12.4 Å². The largest absolute Gasteiger partial charge is 0.497 e. The number of nitrogens with one attached hydrogen (secondary N) is 2. The van der Waals surface area contributed by atoms with E-state index in [-0.39, 0.29) is 18.3 Å². The first-order valence-corrected chi connectivity index (χ1v) is 7.75. The van der Waals surface area contributed by atoms with Crippen LogP contribution in [0.25, 0.3) is 0 Å². The number of aryl methyl sites for hydroxylation is 1. The van der Waals surface area contributed by atoms with Gasteiger partial charge in [0.2, 0.25) is 5.91 Å². The minimum atomic E-state index is 0. The van der Waals surface area contributed by atoms with Crippen molar-refractivity contribution in [3.8, 4) is 5.75 Å². The quantitative estimate of drug-likeness (QED) is 0.872. The molecule has 0 bridgehead atoms. The number of amides is 1. The second-order valence-electron chi connectivity index (χ2n) is 6.02. The maximum absolute atomic E-state index is 12.2. The first-order chi connectivity index (χ1) is 10.1. The third-order valence-corrected chi connectivity index (χ3v) is 4.35. The maximum atomic E-state index is 12.2. The monoisotopic (exact) mass is 326 g/mol. The molecule has 22 heavy (non-hydrogen) atoms. The molecule has 1 aromatic carbocycles. The Morgan fingerprint density at radius 3 is 2.86 bits per heavy atom. The predicted octanol–water partition coefficient (Wildman–Crippen LogP) is 3.39. The SMILES string of the molecule is COc1ccc(NC(=O)CC(C)C2CCCNC2)c(C)c1.Cl. The summed E-state index contributed by atoms with van der Waals surface area (Å²) < 4.78 is 5.18. The summed E-state index contributed by atoms with van der Waals surface area (Å²) in [7, 11) is 1.65. The summed E-state index contributed by atoms with van der Waals surface area (Å²) in [5.41, 5.74) is 1.89. The van der Waals surface area contributed by atoms with Gasteiger partial charge in [-0.25, -0.2) is 0 Å². The number of rotatable bonds is 5. The van der Waals surface area contributed by atoms with Crippen LogP contribution in [0.3, 0.4) is 0 Å². The number of anilines is 1. The molecule has 2 atom stereocenters. The molecule has 2 N–H and O–H groups in total. The minimum absolute atomic E-state index is 0. The molecule has 1 aliphatic heterocycles. The van der Waals surface area contributed by atoms with Crippen LogP contribution in [0.4, 0.5) is 5.69 Å². The minimum Gasteiger partial charge on any atom is -0.497 e. The van der Waals surface area contributed by atoms with E-state index in [4.69, 9.17) is 4.74 Å². The lowest BCUT2D eigenvalue weighted by molar-refractivity contribution is -0.117. The van der Waals surface area contributed by atoms with Crippen molar-refractivity contribution in [1.29, 1.82) is 0 Å². The fraction of sp³-hybridized carbons (Fsp3) is 0.588. The molecule has 2 unspecified atom stereocenters. The van der Waals surface area contributed by atoms with Crippen molar-refractivity contribution in [3.63, 3.8) is 0 Å². The van der Waals surface area contributed by atoms with E-state index in [1.165, 1.54) is 12.8 Å². The van der Waals surface area contributed by atoms with E-state index in [1.54, 1.807) is 7.11 Å². The van der Waals surface area contributed by atoms with Crippen LogP contribution in [-0.2, 0) is 4.79 Å². The van der Waals surface area contributed by atoms with Gasteiger partial charge < -0.3 is 15.4 Å². The predicted molar refractivity (Wildman–Crippen MR) is 93.0 cm³/mol. The fourth-order valence-corrected chi connectivity index (χ4v) is 2.93. The molecule has 1 amide bonds. The van der Waals surface area contributed by atoms with Crippen LogP contribution >= 0.6 is 12.4 Å². The molecule has 4 nitrogen and oxygen atoms in total. The summed E-state index contributed by atoms with van der Waals surface area (Å²) in [5.74, 6) is 1.94. The molecule has 0 aliphatic carbocycles. The first-order valence-electron chi connectivity index (χ1n) is 7.75. The van der Waals surface area contributed by atoms with Gasteiger partial charge in [0.25, 0.3) is 0 Å². The van der Waals surface area contributed by atoms with E-state index >= 15 is 0 Å². The van der Waals surface area contributed by atoms with Crippen LogP contribution in [-0.4, -0.2) is 26.1 Å². The number of hydrogen-bond donors (Lipinski definition) is 2. The third-order valence-electron chi connectivity index (χ3n) is 4.35. The Bertz CT molecular complexity index is 488. The van der Waals surface area contributed by atoms with Gasteiger partial charge in [0.1, 0.15) is 5.75 Å². The van der Waals surface area contributed by atoms with Crippen molar-refractivity contribution in [1.82, 2.24) is 5.32 Å². The van der Waals surface area contributed by atoms with Crippen LogP contribution in [0.5, 0.6) is 5.75 Å². The van der Waals surface area contributed by atoms with Gasteiger partial charge in [-0.2, -0.15) is 0 Å². The number of piperidine rings is 1. The van der Waals surface area contributed by atoms with E-state index in [9.17, 15) is 4.79 Å². The van der Waals surface area contributed by atoms with Crippen molar-refractivity contribution >= 4 is 24.0 Å². The van der Waals surface area contributed by atoms with Crippen LogP contribution < -0.4 is 15.4 Å². The highest BCUT2D eigenvalue weighted by Gasteiger charge is 2.22. The number of hydrogen-bond acceptors (Lipinski definition) is 3. The average Bonchev–Trinajstić information content (AvgIpc) is 2.50. The van der Waals surface area contributed by atoms with E-state index < -0.39 is 0 Å². The number of methoxy groups -OCH3 is 1. The number of ether oxygens (including phenoxy) is 1. The van der Waals surface area contributed by atoms with Crippen molar-refractivity contribution in [2.24, 2.45) is 11.8 Å². The van der Waals surface area contributed by atoms with Crippen molar-refractivity contribution in [3.05, 3.63) is 23.8 Å². The third kappa shape index (κ3) is 5.18. The van der Waals surface area contributed by atoms with E-state index in [1.807, 2.05) is 25.1 Å². The van der Waals surface area contributed by atoms with Crippen molar-refractivity contribution < 1.29 is 9.53 Å². The lowest BCUT2D eigenvalue weighted by Crippen LogP contribution is -2.34. The van der Waals surface area contributed by atoms with Crippen LogP contribution in [0.2, 0.25) is 0 Å². The van der Waals surface area contributed by atoms with Gasteiger partial charge >= 0.3 is 0 Å². The van der Waals surface area contributed by atoms with E-state index in [0.29, 0.717) is 18.3 Å². The van der Waals surface area contributed by atoms with E-state index in [2.05, 4.69) is 17.6 Å². The molecular formula is C17H27ClN2O2. The zero-order chi connectivity index (χ0) is 15.2. The summed E-state index contributed by atoms with van der Waals surface area (Å²) in [6.45, 7) is 6.31. The van der Waals surface area contributed by atoms with Gasteiger partial charge in [-0.05, 0) is 68.5 Å². The molecule has 1 aromatic rings. The smallest absolute Gasteiger partial charge is 0.224 e. The zero-order valence-corrected chi connectivity index (χ0v) is 14.5. The molecule has 0 saturated carbocycles. The second kappa shape index (κ2) is 9.01. The standard InChI is InChI=1S/C17H26N2O2.ClH/c1-12(14-5-4-8-18-11-14)10-17(20)19-16-7-6-15(21-3)9-13(16)2;/h6-7,9,12,14,18H,4-5,8,10-11H2,1-3H3,(H,19,20);1H. The van der Waals surface area contributed by atoms with E-state index in [0.717, 1.165) is 30.1 Å². The summed E-state index contributed by atoms with van der Waals surface area (Å²) in [6, 6.07) is 5.71. The van der Waals surface area contributed by atoms with Gasteiger partial charge in [-0.1, -0.05) is 6.92 Å². The molecule has 2 rings (SSSR count). The molecule has 0 spiro atoms. The number of carbonyl (C=O) groups excluding carboxylic acids is 1. The highest BCUT2D eigenvalue weighted by atomic mass is 35.5. The molecule has 0 radical (unpaired) electrons. The number of carbonyl (C=O) groups is 1. The highest BCUT2D eigenvalue weighted by Crippen LogP contribution is 2.24. The molecule has 124 valence electrons. The molecule has 1 saturated heterocycles. The fourth-order valence-electron chi connectivity index (χ4n) is 2.93. The average molecular weight is 327 g/mol. The lowest BCUT2D eigenvalue weighted by Gasteiger charge is -2.28. The van der Waals surface area contributed by atoms with Crippen LogP contribution in [0, 0.1) is 18.8 Å². The summed E-state index contributed by atoms with van der Waals surface area (Å²) in [5, 5.41) is 6.43. The highest BCUT2D eigenvalue weighted by molar-refractivity contribution is 5.91. The van der Waals surface area contributed by atoms with Gasteiger partial charge in [0.15, 0.2) is 0 Å². The molecule has 1 fully saturated rings. The van der Waals surface area contributed by atoms with Crippen molar-refractivity contribution in [2.45, 2.75) is 33.1 Å². The Balaban J connectivity index is 0.00000242. The number of halogens is 1. The Kier molecular flexibility index (Phi) is 7.69. The number of benzene rings is 1. The Hall–Kier alpha value is -1.26. The molecule has 5 heteroatoms. The van der Waals surface area contributed by atoms with Crippen molar-refractivity contribution in [2.75, 3.05) is 25.5 Å². The Labute approximate surface area is 139 Å². The molecule has 0 aromatic heterocycles. The molecular weight excluding hydrogens is 300 g/mol. The maximum Gasteiger partial charge on any atom is 0.224 e. The van der Waals surface area contributed by atoms with Crippen LogP contribution in [0.1, 0.15) is 31.7 Å². The first kappa shape index (κ1) is 18.8. The Morgan fingerprint density at radius 2 is 2.27 bits per heavy atom. The van der Waals surface area contributed by atoms with Gasteiger partial charge in [-0.3, -0.25) is 4.79 Å². The topological polar surface area (TPSA) is 50.4 Å². The molecule has 1 heterocycles. The summed E-state index contributed by atoms with van der Waals surface area (Å²) in [4.78, 5) is 12.2. The summed E-state index contributed by atoms with van der Waals surface area (Å²) >= 11 is 0. The van der Waals surface area contributed by atoms with Gasteiger partial charge in [0.05, 0.1) is 7.11 Å². The normalized spacial score (nSPS) is 19.0. The molecule has 1 aliphatic rings. The Morgan fingerprint density at radius 1 is 1.50 bits per heavy atom. The zero-order valence-electron chi connectivity index (χ0n) is 13.6. The lowest BCUT2D eigenvalue weighted by atomic mass is 9.85. The summed E-state index contributed by atoms with van der Waals surface area (Å²) in [6.07, 6.45) is 3.02. The van der Waals surface area contributed by atoms with Crippen LogP contribution in [0.15, 0.2) is 18.2 Å². The second-order valence-corrected chi connectivity index (χ2v) is 6.02.